The number of aromatic nitrogens is 4. The van der Waals surface area contributed by atoms with Gasteiger partial charge < -0.3 is 14.7 Å². The van der Waals surface area contributed by atoms with Crippen LogP contribution in [0, 0.1) is 13.8 Å². The van der Waals surface area contributed by atoms with Crippen LogP contribution in [0.3, 0.4) is 0 Å². The van der Waals surface area contributed by atoms with Crippen LogP contribution >= 0.6 is 0 Å². The highest BCUT2D eigenvalue weighted by molar-refractivity contribution is 5.87. The normalized spacial score (nSPS) is 13.9. The van der Waals surface area contributed by atoms with Crippen molar-refractivity contribution in [2.24, 2.45) is 0 Å². The standard InChI is InChI=1S/C23H20N4O.2H2/c1-12-24-9-19(26-12)16-5-14-3-4-15-6-17(20-10-25-13(2)27-20)8-21-23(15)22(14)18(7-16)11-28-21;;/h5-10H,3-4,11H2,1-2H3,(H,24,26)(H,25,27);2*1H. The molecule has 1 aliphatic carbocycles. The first-order valence-electron chi connectivity index (χ1n) is 9.65. The molecule has 1 aliphatic heterocycles. The van der Waals surface area contributed by atoms with Crippen molar-refractivity contribution in [2.75, 3.05) is 0 Å². The molecular formula is C23H24N4O. The Kier molecular flexibility index (Phi) is 3.13. The third kappa shape index (κ3) is 2.26. The molecule has 0 fully saturated rings. The van der Waals surface area contributed by atoms with Crippen molar-refractivity contribution in [3.8, 4) is 39.4 Å². The van der Waals surface area contributed by atoms with Gasteiger partial charge in [-0.3, -0.25) is 0 Å². The van der Waals surface area contributed by atoms with E-state index in [-0.39, 0.29) is 2.85 Å². The molecule has 2 N–H and O–H groups in total. The maximum atomic E-state index is 6.22. The summed E-state index contributed by atoms with van der Waals surface area (Å²) in [4.78, 5) is 15.4. The Hall–Kier alpha value is -3.34. The molecule has 6 rings (SSSR count). The van der Waals surface area contributed by atoms with E-state index in [1.54, 1.807) is 0 Å². The van der Waals surface area contributed by atoms with Crippen LogP contribution in [0.1, 0.15) is 31.2 Å². The fraction of sp³-hybridized carbons (Fsp3) is 0.217. The highest BCUT2D eigenvalue weighted by atomic mass is 16.5. The number of H-pyrrole nitrogens is 2. The van der Waals surface area contributed by atoms with Gasteiger partial charge in [-0.2, -0.15) is 0 Å². The first kappa shape index (κ1) is 15.7. The van der Waals surface area contributed by atoms with Gasteiger partial charge in [0.15, 0.2) is 0 Å². The third-order valence-corrected chi connectivity index (χ3v) is 5.81. The van der Waals surface area contributed by atoms with Gasteiger partial charge in [0.05, 0.1) is 23.8 Å². The number of hydrogen-bond acceptors (Lipinski definition) is 3. The molecular weight excluding hydrogens is 348 g/mol. The topological polar surface area (TPSA) is 66.6 Å². The van der Waals surface area contributed by atoms with E-state index in [0.29, 0.717) is 6.61 Å². The van der Waals surface area contributed by atoms with Crippen molar-refractivity contribution in [1.29, 1.82) is 0 Å². The zero-order chi connectivity index (χ0) is 18.8. The van der Waals surface area contributed by atoms with E-state index in [1.165, 1.54) is 33.4 Å². The van der Waals surface area contributed by atoms with Gasteiger partial charge >= 0.3 is 0 Å². The van der Waals surface area contributed by atoms with Crippen LogP contribution in [0.25, 0.3) is 33.6 Å². The van der Waals surface area contributed by atoms with Gasteiger partial charge in [0, 0.05) is 19.5 Å². The summed E-state index contributed by atoms with van der Waals surface area (Å²) in [5.41, 5.74) is 11.1. The first-order chi connectivity index (χ1) is 13.7. The summed E-state index contributed by atoms with van der Waals surface area (Å²) in [6.45, 7) is 4.56. The minimum absolute atomic E-state index is 0. The summed E-state index contributed by atoms with van der Waals surface area (Å²) in [7, 11) is 0. The predicted molar refractivity (Wildman–Crippen MR) is 112 cm³/mol. The summed E-state index contributed by atoms with van der Waals surface area (Å²) in [6, 6.07) is 9.00. The number of ether oxygens (including phenoxy) is 1. The highest BCUT2D eigenvalue weighted by Crippen LogP contribution is 2.48. The van der Waals surface area contributed by atoms with Crippen LogP contribution < -0.4 is 4.74 Å². The molecule has 3 heterocycles. The van der Waals surface area contributed by atoms with Crippen LogP contribution in [0.15, 0.2) is 36.7 Å². The lowest BCUT2D eigenvalue weighted by Gasteiger charge is -2.30. The fourth-order valence-electron chi connectivity index (χ4n) is 4.54. The molecule has 142 valence electrons. The maximum Gasteiger partial charge on any atom is 0.128 e. The molecule has 0 bridgehead atoms. The zero-order valence-electron chi connectivity index (χ0n) is 15.9. The Morgan fingerprint density at radius 3 is 1.96 bits per heavy atom. The number of rotatable bonds is 2. The molecule has 2 aromatic carbocycles. The summed E-state index contributed by atoms with van der Waals surface area (Å²) in [6.07, 6.45) is 5.87. The number of imidazole rings is 2. The lowest BCUT2D eigenvalue weighted by atomic mass is 9.79. The molecule has 5 nitrogen and oxygen atoms in total. The second-order valence-electron chi connectivity index (χ2n) is 7.73. The minimum Gasteiger partial charge on any atom is -0.488 e. The van der Waals surface area contributed by atoms with Crippen LogP contribution in [-0.2, 0) is 19.4 Å². The number of benzene rings is 2. The van der Waals surface area contributed by atoms with Crippen molar-refractivity contribution in [3.63, 3.8) is 0 Å². The van der Waals surface area contributed by atoms with Crippen molar-refractivity contribution in [3.05, 3.63) is 65.0 Å². The van der Waals surface area contributed by atoms with Crippen LogP contribution in [0.5, 0.6) is 5.75 Å². The molecule has 0 saturated carbocycles. The van der Waals surface area contributed by atoms with E-state index < -0.39 is 0 Å². The Morgan fingerprint density at radius 1 is 0.786 bits per heavy atom. The maximum absolute atomic E-state index is 6.22. The molecule has 0 spiro atoms. The Bertz CT molecular complexity index is 1110. The molecule has 4 aromatic rings. The summed E-state index contributed by atoms with van der Waals surface area (Å²) >= 11 is 0. The average Bonchev–Trinajstić information content (AvgIpc) is 3.34. The molecule has 0 atom stereocenters. The van der Waals surface area contributed by atoms with Crippen LogP contribution in [0.4, 0.5) is 0 Å². The molecule has 0 radical (unpaired) electrons. The molecule has 0 unspecified atom stereocenters. The van der Waals surface area contributed by atoms with E-state index in [9.17, 15) is 0 Å². The van der Waals surface area contributed by atoms with Crippen molar-refractivity contribution >= 4 is 0 Å². The second kappa shape index (κ2) is 5.58. The van der Waals surface area contributed by atoms with Crippen molar-refractivity contribution < 1.29 is 7.59 Å². The number of aromatic amines is 2. The minimum atomic E-state index is 0. The van der Waals surface area contributed by atoms with Crippen molar-refractivity contribution in [2.45, 2.75) is 33.3 Å². The van der Waals surface area contributed by atoms with Gasteiger partial charge in [0.1, 0.15) is 24.0 Å². The smallest absolute Gasteiger partial charge is 0.128 e. The fourth-order valence-corrected chi connectivity index (χ4v) is 4.54. The van der Waals surface area contributed by atoms with E-state index in [1.807, 2.05) is 26.2 Å². The molecule has 0 saturated heterocycles. The number of nitrogens with zero attached hydrogens (tertiary/aromatic N) is 2. The van der Waals surface area contributed by atoms with Gasteiger partial charge in [0.2, 0.25) is 0 Å². The molecule has 5 heteroatoms. The average molecular weight is 372 g/mol. The highest BCUT2D eigenvalue weighted by Gasteiger charge is 2.28. The van der Waals surface area contributed by atoms with Gasteiger partial charge in [-0.25, -0.2) is 9.97 Å². The molecule has 2 aliphatic rings. The lowest BCUT2D eigenvalue weighted by molar-refractivity contribution is 0.301. The Balaban J connectivity index is 0.00000109. The second-order valence-corrected chi connectivity index (χ2v) is 7.73. The Labute approximate surface area is 165 Å². The number of hydrogen-bond donors (Lipinski definition) is 2. The van der Waals surface area contributed by atoms with E-state index in [4.69, 9.17) is 4.74 Å². The predicted octanol–water partition coefficient (Wildman–Crippen LogP) is 5.23. The van der Waals surface area contributed by atoms with Crippen LogP contribution in [0.2, 0.25) is 0 Å². The van der Waals surface area contributed by atoms with E-state index >= 15 is 0 Å². The zero-order valence-corrected chi connectivity index (χ0v) is 15.9. The van der Waals surface area contributed by atoms with Gasteiger partial charge in [0.25, 0.3) is 0 Å². The number of nitrogens with one attached hydrogen (secondary N) is 2. The monoisotopic (exact) mass is 372 g/mol. The number of aryl methyl sites for hydroxylation is 4. The van der Waals surface area contributed by atoms with Gasteiger partial charge in [-0.05, 0) is 73.2 Å². The quantitative estimate of drug-likeness (QED) is 0.506. The summed E-state index contributed by atoms with van der Waals surface area (Å²) in [5.74, 6) is 2.85. The van der Waals surface area contributed by atoms with Gasteiger partial charge in [-0.1, -0.05) is 0 Å². The van der Waals surface area contributed by atoms with E-state index in [2.05, 4.69) is 44.2 Å². The lowest BCUT2D eigenvalue weighted by Crippen LogP contribution is -2.14. The van der Waals surface area contributed by atoms with E-state index in [0.717, 1.165) is 47.2 Å². The summed E-state index contributed by atoms with van der Waals surface area (Å²) in [5, 5.41) is 0. The van der Waals surface area contributed by atoms with Crippen LogP contribution in [-0.4, -0.2) is 19.9 Å². The molecule has 2 aromatic heterocycles. The first-order valence-corrected chi connectivity index (χ1v) is 9.65. The summed E-state index contributed by atoms with van der Waals surface area (Å²) < 4.78 is 6.22. The molecule has 0 amide bonds. The largest absolute Gasteiger partial charge is 0.488 e. The van der Waals surface area contributed by atoms with Crippen molar-refractivity contribution in [1.82, 2.24) is 19.9 Å². The third-order valence-electron chi connectivity index (χ3n) is 5.81. The van der Waals surface area contributed by atoms with Gasteiger partial charge in [-0.15, -0.1) is 0 Å². The Morgan fingerprint density at radius 2 is 1.36 bits per heavy atom. The SMILES string of the molecule is Cc1ncc(-c2cc3c4c(c2)COc2cc(-c5cnc(C)[nH]5)cc(c2-4)CC3)[nH]1.[HH].[HH]. The molecule has 28 heavy (non-hydrogen) atoms.